The molecule has 0 saturated carbocycles. The fourth-order valence-electron chi connectivity index (χ4n) is 0.928. The van der Waals surface area contributed by atoms with Crippen LogP contribution in [0, 0.1) is 0 Å². The molecule has 0 spiro atoms. The summed E-state index contributed by atoms with van der Waals surface area (Å²) in [5.41, 5.74) is 0. The second-order valence-corrected chi connectivity index (χ2v) is 2.30. The van der Waals surface area contributed by atoms with Gasteiger partial charge in [0, 0.05) is 26.4 Å². The van der Waals surface area contributed by atoms with Gasteiger partial charge in [-0.1, -0.05) is 0 Å². The van der Waals surface area contributed by atoms with Gasteiger partial charge in [0.05, 0.1) is 12.7 Å². The summed E-state index contributed by atoms with van der Waals surface area (Å²) < 4.78 is 4.76. The van der Waals surface area contributed by atoms with Crippen LogP contribution in [0.5, 0.6) is 0 Å². The molecule has 0 amide bonds. The molecule has 7 heteroatoms. The van der Waals surface area contributed by atoms with E-state index in [0.717, 1.165) is 0 Å². The van der Waals surface area contributed by atoms with Gasteiger partial charge in [0.1, 0.15) is 20.1 Å². The van der Waals surface area contributed by atoms with Gasteiger partial charge in [-0.2, -0.15) is 0 Å². The summed E-state index contributed by atoms with van der Waals surface area (Å²) in [5.74, 6) is 0. The predicted molar refractivity (Wildman–Crippen MR) is 33.5 cm³/mol. The van der Waals surface area contributed by atoms with Gasteiger partial charge in [-0.15, -0.1) is 0 Å². The van der Waals surface area contributed by atoms with E-state index in [-0.39, 0.29) is 27.0 Å². The molecule has 1 saturated heterocycles. The summed E-state index contributed by atoms with van der Waals surface area (Å²) in [4.78, 5) is 0. The monoisotopic (exact) mass is 598 g/mol. The Balaban J connectivity index is 0. The van der Waals surface area contributed by atoms with Gasteiger partial charge < -0.3 is 20.1 Å². The minimum atomic E-state index is -1.09. The van der Waals surface area contributed by atoms with E-state index in [1.807, 2.05) is 0 Å². The summed E-state index contributed by atoms with van der Waals surface area (Å²) in [7, 11) is 5.19. The Bertz CT molecular complexity index is 130. The van der Waals surface area contributed by atoms with Crippen molar-refractivity contribution in [3.05, 3.63) is 0 Å². The number of hydrogen-bond acceptors (Lipinski definition) is 4. The number of aliphatic hydroxyl groups excluding tert-OH is 3. The zero-order valence-electron chi connectivity index (χ0n) is 6.43. The first-order valence-electron chi connectivity index (χ1n) is 3.05. The van der Waals surface area contributed by atoms with E-state index in [1.54, 1.807) is 0 Å². The first kappa shape index (κ1) is 14.1. The van der Waals surface area contributed by atoms with E-state index in [9.17, 15) is 0 Å². The van der Waals surface area contributed by atoms with Crippen LogP contribution in [-0.2, 0) is 25.2 Å². The van der Waals surface area contributed by atoms with Crippen LogP contribution >= 0.6 is 0 Å². The smallest absolute Gasteiger partial charge is 0.112 e. The summed E-state index contributed by atoms with van der Waals surface area (Å²) in [6.07, 6.45) is -2.90. The molecule has 1 fully saturated rings. The van der Waals surface area contributed by atoms with E-state index >= 15 is 0 Å². The Morgan fingerprint density at radius 3 is 1.92 bits per heavy atom. The molecule has 0 bridgehead atoms. The standard InChI is InChI=1S/C5H9BO4.Re.Rf/c6-5-4(9)3(8)2(1-7)10-5;;/h2-5,7-9H,1H2;;. The molecule has 12 heavy (non-hydrogen) atoms. The van der Waals surface area contributed by atoms with Crippen LogP contribution in [0.3, 0.4) is 0 Å². The Kier molecular flexibility index (Phi) is 6.18. The third kappa shape index (κ3) is 2.28. The molecular formula is C5H9BO4ReRf. The molecule has 65 valence electrons. The normalized spacial score (nSPS) is 39.9. The number of aliphatic hydroxyl groups is 3. The fraction of sp³-hybridized carbons (Fsp3) is 1.00. The molecule has 3 radical (unpaired) electrons. The van der Waals surface area contributed by atoms with E-state index in [4.69, 9.17) is 27.9 Å². The van der Waals surface area contributed by atoms with Gasteiger partial charge in [0.2, 0.25) is 0 Å². The van der Waals surface area contributed by atoms with Crippen molar-refractivity contribution in [2.75, 3.05) is 6.61 Å². The van der Waals surface area contributed by atoms with Crippen LogP contribution in [0.15, 0.2) is 0 Å². The van der Waals surface area contributed by atoms with Gasteiger partial charge in [0.15, 0.2) is 0 Å². The van der Waals surface area contributed by atoms with E-state index in [1.165, 1.54) is 0 Å². The molecule has 1 rings (SSSR count). The quantitative estimate of drug-likeness (QED) is 0.295. The predicted octanol–water partition coefficient (Wildman–Crippen LogP) is -2.41. The summed E-state index contributed by atoms with van der Waals surface area (Å²) in [6.45, 7) is -0.327. The van der Waals surface area contributed by atoms with Gasteiger partial charge in [-0.3, -0.25) is 0 Å². The van der Waals surface area contributed by atoms with Crippen molar-refractivity contribution >= 4 is 7.85 Å². The summed E-state index contributed by atoms with van der Waals surface area (Å²) >= 11 is 0. The van der Waals surface area contributed by atoms with Crippen molar-refractivity contribution in [3.8, 4) is 0 Å². The molecular weight excluding hydrogens is 588 g/mol. The maximum Gasteiger partial charge on any atom is 0.112 e. The van der Waals surface area contributed by atoms with Crippen molar-refractivity contribution in [2.24, 2.45) is 0 Å². The molecule has 0 aromatic heterocycles. The van der Waals surface area contributed by atoms with Gasteiger partial charge in [0.25, 0.3) is 0 Å². The average molecular weight is 597 g/mol. The van der Waals surface area contributed by atoms with Gasteiger partial charge >= 0.3 is 0 Å². The second-order valence-electron chi connectivity index (χ2n) is 2.30. The molecule has 4 unspecified atom stereocenters. The SMILES string of the molecule is [B]C1OC(CO)C(O)C1O.[Re].[Rf]. The molecule has 0 aromatic rings. The maximum absolute atomic E-state index is 9.01. The first-order chi connectivity index (χ1) is 4.66. The van der Waals surface area contributed by atoms with Crippen molar-refractivity contribution in [1.29, 1.82) is 0 Å². The largest absolute Gasteiger partial charge is 0.394 e. The molecule has 1 heterocycles. The van der Waals surface area contributed by atoms with Crippen LogP contribution in [0.1, 0.15) is 0 Å². The molecule has 3 N–H and O–H groups in total. The van der Waals surface area contributed by atoms with Crippen LogP contribution in [-0.4, -0.2) is 54.1 Å². The summed E-state index contributed by atoms with van der Waals surface area (Å²) in [5, 5.41) is 26.5. The number of ether oxygens (including phenoxy) is 1. The number of rotatable bonds is 1. The topological polar surface area (TPSA) is 69.9 Å². The molecule has 4 nitrogen and oxygen atoms in total. The average Bonchev–Trinajstić information content (AvgIpc) is 2.17. The van der Waals surface area contributed by atoms with Crippen LogP contribution in [0.25, 0.3) is 0 Å². The van der Waals surface area contributed by atoms with Crippen LogP contribution < -0.4 is 0 Å². The second kappa shape index (κ2) is 5.25. The molecule has 1 aliphatic heterocycles. The zero-order valence-corrected chi connectivity index (χ0v) is 15.5. The third-order valence-corrected chi connectivity index (χ3v) is 1.58. The van der Waals surface area contributed by atoms with E-state index < -0.39 is 24.3 Å². The molecule has 0 aliphatic carbocycles. The van der Waals surface area contributed by atoms with Crippen molar-refractivity contribution in [1.82, 2.24) is 0 Å². The first-order valence-corrected chi connectivity index (χ1v) is 3.05. The Morgan fingerprint density at radius 2 is 1.75 bits per heavy atom. The zero-order chi connectivity index (χ0) is 7.72. The van der Waals surface area contributed by atoms with Crippen molar-refractivity contribution in [2.45, 2.75) is 24.3 Å². The number of hydrogen-bond donors (Lipinski definition) is 3. The fourth-order valence-corrected chi connectivity index (χ4v) is 0.928. The molecule has 0 aromatic carbocycles. The minimum absolute atomic E-state index is 0. The summed E-state index contributed by atoms with van der Waals surface area (Å²) in [6, 6.07) is -0.882. The van der Waals surface area contributed by atoms with Crippen molar-refractivity contribution < 1.29 is 40.5 Å². The maximum atomic E-state index is 9.01. The van der Waals surface area contributed by atoms with Gasteiger partial charge in [-0.25, -0.2) is 0 Å². The van der Waals surface area contributed by atoms with Crippen LogP contribution in [0.4, 0.5) is 0 Å². The Labute approximate surface area is 79.6 Å². The third-order valence-electron chi connectivity index (χ3n) is 1.58. The van der Waals surface area contributed by atoms with Crippen molar-refractivity contribution in [3.63, 3.8) is 0 Å². The Morgan fingerprint density at radius 1 is 1.25 bits per heavy atom. The Hall–Kier alpha value is -0.433. The van der Waals surface area contributed by atoms with Crippen LogP contribution in [0.2, 0.25) is 0 Å². The molecule has 4 atom stereocenters. The molecule has 1 aliphatic rings. The van der Waals surface area contributed by atoms with Gasteiger partial charge in [-0.05, 0) is 0 Å². The minimum Gasteiger partial charge on any atom is -0.394 e. The van der Waals surface area contributed by atoms with E-state index in [0.29, 0.717) is 0 Å². The van der Waals surface area contributed by atoms with E-state index in [2.05, 4.69) is 0 Å².